The number of nitrogens with two attached hydrogens (primary N) is 1. The minimum Gasteiger partial charge on any atom is -0.377 e. The van der Waals surface area contributed by atoms with Crippen LogP contribution in [0.15, 0.2) is 0 Å². The molecule has 0 bridgehead atoms. The summed E-state index contributed by atoms with van der Waals surface area (Å²) in [7, 11) is 2.68. The molecule has 17 heavy (non-hydrogen) atoms. The van der Waals surface area contributed by atoms with Crippen LogP contribution >= 0.6 is 0 Å². The van der Waals surface area contributed by atoms with Crippen LogP contribution in [0, 0.1) is 0 Å². The largest absolute Gasteiger partial charge is 0.500 e. The Morgan fingerprint density at radius 2 is 1.47 bits per heavy atom. The second-order valence-electron chi connectivity index (χ2n) is 4.44. The van der Waals surface area contributed by atoms with E-state index in [0.717, 1.165) is 12.5 Å². The van der Waals surface area contributed by atoms with Crippen molar-refractivity contribution in [3.05, 3.63) is 0 Å². The normalized spacial score (nSPS) is 17.5. The summed E-state index contributed by atoms with van der Waals surface area (Å²) in [6, 6.07) is 1.42. The van der Waals surface area contributed by atoms with Crippen molar-refractivity contribution >= 4 is 8.80 Å². The highest BCUT2D eigenvalue weighted by molar-refractivity contribution is 6.60. The van der Waals surface area contributed by atoms with Crippen molar-refractivity contribution in [1.29, 1.82) is 0 Å². The van der Waals surface area contributed by atoms with E-state index in [-0.39, 0.29) is 0 Å². The molecular formula is C12H29NO3Si. The van der Waals surface area contributed by atoms with Gasteiger partial charge < -0.3 is 19.0 Å². The lowest BCUT2D eigenvalue weighted by molar-refractivity contribution is 0.123. The second-order valence-corrected chi connectivity index (χ2v) is 7.53. The van der Waals surface area contributed by atoms with Crippen LogP contribution in [0.25, 0.3) is 0 Å². The molecule has 0 aromatic carbocycles. The molecule has 0 aromatic heterocycles. The van der Waals surface area contributed by atoms with Crippen molar-refractivity contribution in [2.45, 2.75) is 57.5 Å². The molecule has 1 fully saturated rings. The summed E-state index contributed by atoms with van der Waals surface area (Å²) in [6.45, 7) is 2.08. The zero-order valence-electron chi connectivity index (χ0n) is 11.8. The Balaban J connectivity index is 0.000000318. The van der Waals surface area contributed by atoms with Crippen LogP contribution in [0.4, 0.5) is 0 Å². The van der Waals surface area contributed by atoms with E-state index in [1.807, 2.05) is 0 Å². The molecule has 2 N–H and O–H groups in total. The fourth-order valence-corrected chi connectivity index (χ4v) is 3.72. The predicted octanol–water partition coefficient (Wildman–Crippen LogP) is 2.55. The van der Waals surface area contributed by atoms with Crippen LogP contribution < -0.4 is 5.73 Å². The van der Waals surface area contributed by atoms with Crippen molar-refractivity contribution < 1.29 is 13.3 Å². The highest BCUT2D eigenvalue weighted by atomic mass is 28.4. The van der Waals surface area contributed by atoms with E-state index in [0.29, 0.717) is 6.04 Å². The topological polar surface area (TPSA) is 53.7 Å². The third-order valence-electron chi connectivity index (χ3n) is 3.14. The minimum atomic E-state index is -2.22. The van der Waals surface area contributed by atoms with Gasteiger partial charge in [-0.15, -0.1) is 0 Å². The molecule has 0 spiro atoms. The molecule has 104 valence electrons. The Kier molecular flexibility index (Phi) is 10.1. The summed E-state index contributed by atoms with van der Waals surface area (Å²) in [4.78, 5) is 0. The van der Waals surface area contributed by atoms with Gasteiger partial charge in [0.15, 0.2) is 0 Å². The molecular weight excluding hydrogens is 234 g/mol. The van der Waals surface area contributed by atoms with Crippen LogP contribution in [-0.2, 0) is 13.3 Å². The van der Waals surface area contributed by atoms with Gasteiger partial charge >= 0.3 is 8.80 Å². The quantitative estimate of drug-likeness (QED) is 0.775. The van der Waals surface area contributed by atoms with E-state index in [1.54, 1.807) is 21.3 Å². The molecule has 4 nitrogen and oxygen atoms in total. The first-order valence-electron chi connectivity index (χ1n) is 6.55. The van der Waals surface area contributed by atoms with Crippen molar-refractivity contribution in [3.63, 3.8) is 0 Å². The van der Waals surface area contributed by atoms with Gasteiger partial charge in [-0.3, -0.25) is 0 Å². The lowest BCUT2D eigenvalue weighted by Gasteiger charge is -2.23. The second kappa shape index (κ2) is 10.0. The van der Waals surface area contributed by atoms with E-state index < -0.39 is 8.80 Å². The smallest absolute Gasteiger partial charge is 0.377 e. The average molecular weight is 263 g/mol. The Labute approximate surface area is 107 Å². The summed E-state index contributed by atoms with van der Waals surface area (Å²) in [5.74, 6) is 0. The molecule has 1 saturated carbocycles. The maximum Gasteiger partial charge on any atom is 0.500 e. The summed E-state index contributed by atoms with van der Waals surface area (Å²) in [5, 5.41) is 0. The highest BCUT2D eigenvalue weighted by Gasteiger charge is 2.36. The predicted molar refractivity (Wildman–Crippen MR) is 72.9 cm³/mol. The van der Waals surface area contributed by atoms with Crippen LogP contribution in [-0.4, -0.2) is 36.2 Å². The van der Waals surface area contributed by atoms with Gasteiger partial charge in [-0.2, -0.15) is 0 Å². The molecule has 1 aliphatic rings. The Morgan fingerprint density at radius 1 is 1.00 bits per heavy atom. The Hall–Kier alpha value is 0.0569. The van der Waals surface area contributed by atoms with Gasteiger partial charge in [0.05, 0.1) is 0 Å². The molecule has 0 saturated heterocycles. The summed E-state index contributed by atoms with van der Waals surface area (Å²) in [6.07, 6.45) is 7.69. The van der Waals surface area contributed by atoms with Gasteiger partial charge in [-0.1, -0.05) is 32.6 Å². The molecule has 0 aromatic rings. The number of rotatable bonds is 5. The van der Waals surface area contributed by atoms with Crippen molar-refractivity contribution in [3.8, 4) is 0 Å². The van der Waals surface area contributed by atoms with Crippen LogP contribution in [0.1, 0.15) is 45.4 Å². The van der Waals surface area contributed by atoms with Gasteiger partial charge in [0, 0.05) is 33.4 Å². The molecule has 1 aliphatic carbocycles. The third kappa shape index (κ3) is 7.16. The number of hydrogen-bond acceptors (Lipinski definition) is 4. The van der Waals surface area contributed by atoms with Crippen molar-refractivity contribution in [1.82, 2.24) is 0 Å². The standard InChI is InChI=1S/C6H13N.C6H16O3Si/c7-6-4-2-1-3-5-6;1-5-6-10(7-2,8-3)9-4/h6H,1-5,7H2;5-6H2,1-4H3. The molecule has 0 atom stereocenters. The Morgan fingerprint density at radius 3 is 1.65 bits per heavy atom. The van der Waals surface area contributed by atoms with E-state index in [9.17, 15) is 0 Å². The van der Waals surface area contributed by atoms with Gasteiger partial charge in [-0.05, 0) is 12.8 Å². The maximum atomic E-state index is 5.63. The van der Waals surface area contributed by atoms with Gasteiger partial charge in [0.2, 0.25) is 0 Å². The highest BCUT2D eigenvalue weighted by Crippen LogP contribution is 2.15. The van der Waals surface area contributed by atoms with E-state index in [1.165, 1.54) is 32.1 Å². The fraction of sp³-hybridized carbons (Fsp3) is 1.00. The van der Waals surface area contributed by atoms with Crippen LogP contribution in [0.5, 0.6) is 0 Å². The van der Waals surface area contributed by atoms with Gasteiger partial charge in [-0.25, -0.2) is 0 Å². The van der Waals surface area contributed by atoms with E-state index in [4.69, 9.17) is 19.0 Å². The first-order chi connectivity index (χ1) is 8.14. The molecule has 0 radical (unpaired) electrons. The zero-order chi connectivity index (χ0) is 13.1. The lowest BCUT2D eigenvalue weighted by atomic mass is 9.97. The first-order valence-corrected chi connectivity index (χ1v) is 8.48. The fourth-order valence-electron chi connectivity index (χ4n) is 2.00. The molecule has 0 unspecified atom stereocenters. The summed E-state index contributed by atoms with van der Waals surface area (Å²) < 4.78 is 15.5. The Bertz CT molecular complexity index is 163. The van der Waals surface area contributed by atoms with E-state index >= 15 is 0 Å². The monoisotopic (exact) mass is 263 g/mol. The van der Waals surface area contributed by atoms with Crippen LogP contribution in [0.3, 0.4) is 0 Å². The molecule has 0 heterocycles. The lowest BCUT2D eigenvalue weighted by Crippen LogP contribution is -2.42. The first kappa shape index (κ1) is 17.1. The third-order valence-corrected chi connectivity index (χ3v) is 6.12. The van der Waals surface area contributed by atoms with E-state index in [2.05, 4.69) is 6.92 Å². The zero-order valence-corrected chi connectivity index (χ0v) is 12.8. The summed E-state index contributed by atoms with van der Waals surface area (Å²) in [5.41, 5.74) is 5.63. The van der Waals surface area contributed by atoms with Crippen molar-refractivity contribution in [2.75, 3.05) is 21.3 Å². The SMILES string of the molecule is CCC[Si](OC)(OC)OC.NC1CCCCC1. The van der Waals surface area contributed by atoms with Crippen molar-refractivity contribution in [2.24, 2.45) is 5.73 Å². The molecule has 1 rings (SSSR count). The molecule has 0 aliphatic heterocycles. The maximum absolute atomic E-state index is 5.63. The van der Waals surface area contributed by atoms with Gasteiger partial charge in [0.25, 0.3) is 0 Å². The number of hydrogen-bond donors (Lipinski definition) is 1. The minimum absolute atomic E-state index is 0.536. The average Bonchev–Trinajstić information content (AvgIpc) is 2.38. The summed E-state index contributed by atoms with van der Waals surface area (Å²) >= 11 is 0. The molecule has 0 amide bonds. The van der Waals surface area contributed by atoms with Crippen LogP contribution in [0.2, 0.25) is 6.04 Å². The van der Waals surface area contributed by atoms with Gasteiger partial charge in [0.1, 0.15) is 0 Å². The molecule has 5 heteroatoms.